The second kappa shape index (κ2) is 6.46. The molecule has 116 valence electrons. The Balaban J connectivity index is 1.40. The number of hydrogen-bond donors (Lipinski definition) is 0. The van der Waals surface area contributed by atoms with Crippen molar-refractivity contribution >= 4 is 10.0 Å². The lowest BCUT2D eigenvalue weighted by Crippen LogP contribution is -2.41. The largest absolute Gasteiger partial charge is 0.376 e. The molecule has 2 aliphatic rings. The van der Waals surface area contributed by atoms with Gasteiger partial charge in [-0.3, -0.25) is 0 Å². The number of hydrogen-bond acceptors (Lipinski definition) is 3. The van der Waals surface area contributed by atoms with Gasteiger partial charge < -0.3 is 4.74 Å². The summed E-state index contributed by atoms with van der Waals surface area (Å²) in [5, 5.41) is -0.0802. The maximum absolute atomic E-state index is 12.1. The fourth-order valence-corrected chi connectivity index (χ4v) is 4.70. The average molecular weight is 309 g/mol. The van der Waals surface area contributed by atoms with Crippen LogP contribution in [0.15, 0.2) is 30.3 Å². The number of nitrogens with zero attached hydrogens (tertiary/aromatic N) is 1. The molecule has 0 N–H and O–H groups in total. The van der Waals surface area contributed by atoms with Crippen molar-refractivity contribution in [2.75, 3.05) is 19.7 Å². The monoisotopic (exact) mass is 309 g/mol. The molecular formula is C16H23NO3S. The molecule has 0 atom stereocenters. The Morgan fingerprint density at radius 3 is 2.33 bits per heavy atom. The summed E-state index contributed by atoms with van der Waals surface area (Å²) in [4.78, 5) is 0. The van der Waals surface area contributed by atoms with Crippen LogP contribution >= 0.6 is 0 Å². The van der Waals surface area contributed by atoms with Crippen molar-refractivity contribution in [1.29, 1.82) is 0 Å². The lowest BCUT2D eigenvalue weighted by Gasteiger charge is -2.31. The van der Waals surface area contributed by atoms with Gasteiger partial charge in [0.2, 0.25) is 10.0 Å². The van der Waals surface area contributed by atoms with E-state index in [1.165, 1.54) is 5.56 Å². The first-order valence-electron chi connectivity index (χ1n) is 7.77. The summed E-state index contributed by atoms with van der Waals surface area (Å²) < 4.78 is 31.8. The van der Waals surface area contributed by atoms with E-state index in [1.54, 1.807) is 4.31 Å². The van der Waals surface area contributed by atoms with Crippen LogP contribution in [0.5, 0.6) is 0 Å². The van der Waals surface area contributed by atoms with E-state index in [4.69, 9.17) is 4.74 Å². The Hall–Kier alpha value is -0.910. The Bertz CT molecular complexity index is 546. The fourth-order valence-electron chi connectivity index (χ4n) is 2.82. The number of piperidine rings is 1. The molecule has 21 heavy (non-hydrogen) atoms. The molecule has 1 aliphatic carbocycles. The van der Waals surface area contributed by atoms with Gasteiger partial charge in [0, 0.05) is 19.7 Å². The van der Waals surface area contributed by atoms with Crippen molar-refractivity contribution < 1.29 is 13.2 Å². The van der Waals surface area contributed by atoms with Crippen LogP contribution in [-0.4, -0.2) is 37.7 Å². The molecular weight excluding hydrogens is 286 g/mol. The highest BCUT2D eigenvalue weighted by Crippen LogP contribution is 2.33. The van der Waals surface area contributed by atoms with Crippen LogP contribution in [0.2, 0.25) is 0 Å². The van der Waals surface area contributed by atoms with Crippen molar-refractivity contribution in [1.82, 2.24) is 4.31 Å². The predicted octanol–water partition coefficient (Wildman–Crippen LogP) is 2.41. The summed E-state index contributed by atoms with van der Waals surface area (Å²) in [5.74, 6) is 0.486. The molecule has 3 rings (SSSR count). The van der Waals surface area contributed by atoms with Gasteiger partial charge >= 0.3 is 0 Å². The van der Waals surface area contributed by atoms with Crippen LogP contribution in [0.4, 0.5) is 0 Å². The van der Waals surface area contributed by atoms with E-state index in [9.17, 15) is 8.42 Å². The van der Waals surface area contributed by atoms with Crippen LogP contribution < -0.4 is 0 Å². The van der Waals surface area contributed by atoms with Crippen LogP contribution in [0.3, 0.4) is 0 Å². The van der Waals surface area contributed by atoms with Crippen molar-refractivity contribution in [3.63, 3.8) is 0 Å². The standard InChI is InChI=1S/C16H23NO3S/c18-21(19,16-6-7-16)17-10-8-15(9-11-17)13-20-12-14-4-2-1-3-5-14/h1-5,15-16H,6-13H2. The molecule has 0 spiro atoms. The molecule has 1 aromatic carbocycles. The van der Waals surface area contributed by atoms with Gasteiger partial charge in [-0.25, -0.2) is 12.7 Å². The van der Waals surface area contributed by atoms with Crippen molar-refractivity contribution in [3.8, 4) is 0 Å². The topological polar surface area (TPSA) is 46.6 Å². The van der Waals surface area contributed by atoms with E-state index < -0.39 is 10.0 Å². The minimum atomic E-state index is -2.98. The van der Waals surface area contributed by atoms with Gasteiger partial charge in [0.1, 0.15) is 0 Å². The Morgan fingerprint density at radius 2 is 1.71 bits per heavy atom. The van der Waals surface area contributed by atoms with E-state index in [2.05, 4.69) is 12.1 Å². The van der Waals surface area contributed by atoms with Gasteiger partial charge in [0.15, 0.2) is 0 Å². The zero-order valence-electron chi connectivity index (χ0n) is 12.3. The Morgan fingerprint density at radius 1 is 1.05 bits per heavy atom. The molecule has 0 unspecified atom stereocenters. The summed E-state index contributed by atoms with van der Waals surface area (Å²) in [6, 6.07) is 10.1. The first-order chi connectivity index (χ1) is 10.2. The first-order valence-corrected chi connectivity index (χ1v) is 9.27. The van der Waals surface area contributed by atoms with Crippen molar-refractivity contribution in [3.05, 3.63) is 35.9 Å². The zero-order valence-corrected chi connectivity index (χ0v) is 13.1. The van der Waals surface area contributed by atoms with E-state index in [1.807, 2.05) is 18.2 Å². The highest BCUT2D eigenvalue weighted by Gasteiger charge is 2.41. The molecule has 1 heterocycles. The van der Waals surface area contributed by atoms with Crippen LogP contribution in [0.1, 0.15) is 31.2 Å². The third-order valence-electron chi connectivity index (χ3n) is 4.34. The molecule has 1 saturated carbocycles. The SMILES string of the molecule is O=S(=O)(C1CC1)N1CCC(COCc2ccccc2)CC1. The lowest BCUT2D eigenvalue weighted by atomic mass is 9.99. The molecule has 4 nitrogen and oxygen atoms in total. The third-order valence-corrected chi connectivity index (χ3v) is 6.74. The maximum atomic E-state index is 12.1. The maximum Gasteiger partial charge on any atom is 0.216 e. The Kier molecular flexibility index (Phi) is 4.62. The number of benzene rings is 1. The minimum absolute atomic E-state index is 0.0802. The molecule has 0 radical (unpaired) electrons. The average Bonchev–Trinajstić information content (AvgIpc) is 3.34. The van der Waals surface area contributed by atoms with Gasteiger partial charge in [0.05, 0.1) is 11.9 Å². The third kappa shape index (κ3) is 3.84. The second-order valence-electron chi connectivity index (χ2n) is 6.09. The summed E-state index contributed by atoms with van der Waals surface area (Å²) in [6.45, 7) is 2.70. The highest BCUT2D eigenvalue weighted by atomic mass is 32.2. The molecule has 0 aromatic heterocycles. The van der Waals surface area contributed by atoms with Crippen LogP contribution in [-0.2, 0) is 21.4 Å². The molecule has 5 heteroatoms. The van der Waals surface area contributed by atoms with Crippen LogP contribution in [0.25, 0.3) is 0 Å². The lowest BCUT2D eigenvalue weighted by molar-refractivity contribution is 0.0687. The summed E-state index contributed by atoms with van der Waals surface area (Å²) in [7, 11) is -2.98. The summed E-state index contributed by atoms with van der Waals surface area (Å²) in [5.41, 5.74) is 1.19. The zero-order chi connectivity index (χ0) is 14.7. The Labute approximate surface area is 127 Å². The number of ether oxygens (including phenoxy) is 1. The molecule has 1 saturated heterocycles. The number of sulfonamides is 1. The van der Waals surface area contributed by atoms with Crippen molar-refractivity contribution in [2.45, 2.75) is 37.5 Å². The molecule has 0 amide bonds. The highest BCUT2D eigenvalue weighted by molar-refractivity contribution is 7.90. The first kappa shape index (κ1) is 15.0. The van der Waals surface area contributed by atoms with Gasteiger partial charge in [-0.15, -0.1) is 0 Å². The van der Waals surface area contributed by atoms with E-state index >= 15 is 0 Å². The summed E-state index contributed by atoms with van der Waals surface area (Å²) >= 11 is 0. The normalized spacial score (nSPS) is 21.5. The molecule has 1 aromatic rings. The van der Waals surface area contributed by atoms with E-state index in [-0.39, 0.29) is 5.25 Å². The van der Waals surface area contributed by atoms with Gasteiger partial charge in [-0.2, -0.15) is 0 Å². The smallest absolute Gasteiger partial charge is 0.216 e. The van der Waals surface area contributed by atoms with Gasteiger partial charge in [-0.1, -0.05) is 30.3 Å². The van der Waals surface area contributed by atoms with E-state index in [0.29, 0.717) is 25.6 Å². The second-order valence-corrected chi connectivity index (χ2v) is 8.30. The molecule has 2 fully saturated rings. The van der Waals surface area contributed by atoms with Crippen molar-refractivity contribution in [2.24, 2.45) is 5.92 Å². The fraction of sp³-hybridized carbons (Fsp3) is 0.625. The molecule has 0 bridgehead atoms. The molecule has 1 aliphatic heterocycles. The minimum Gasteiger partial charge on any atom is -0.376 e. The van der Waals surface area contributed by atoms with Gasteiger partial charge in [0.25, 0.3) is 0 Å². The van der Waals surface area contributed by atoms with E-state index in [0.717, 1.165) is 32.3 Å². The number of rotatable bonds is 6. The quantitative estimate of drug-likeness (QED) is 0.810. The summed E-state index contributed by atoms with van der Waals surface area (Å²) in [6.07, 6.45) is 3.53. The predicted molar refractivity (Wildman–Crippen MR) is 82.3 cm³/mol. The van der Waals surface area contributed by atoms with Crippen LogP contribution in [0, 0.1) is 5.92 Å². The van der Waals surface area contributed by atoms with Gasteiger partial charge in [-0.05, 0) is 37.2 Å².